The van der Waals surface area contributed by atoms with Crippen LogP contribution in [0.25, 0.3) is 0 Å². The normalized spacial score (nSPS) is 21.3. The van der Waals surface area contributed by atoms with Gasteiger partial charge in [-0.15, -0.1) is 5.11 Å². The van der Waals surface area contributed by atoms with E-state index >= 15 is 0 Å². The number of azo groups is 1. The lowest BCUT2D eigenvalue weighted by atomic mass is 9.78. The molecule has 1 saturated carbocycles. The monoisotopic (exact) mass is 409 g/mol. The summed E-state index contributed by atoms with van der Waals surface area (Å²) >= 11 is 0. The Kier molecular flexibility index (Phi) is 7.17. The molecular weight excluding hydrogens is 382 g/mol. The van der Waals surface area contributed by atoms with E-state index in [0.717, 1.165) is 12.8 Å². The van der Waals surface area contributed by atoms with Gasteiger partial charge in [-0.1, -0.05) is 38.8 Å². The molecule has 1 aliphatic rings. The molecular formula is C23H27N3O4. The average Bonchev–Trinajstić information content (AvgIpc) is 2.75. The van der Waals surface area contributed by atoms with Gasteiger partial charge in [0.15, 0.2) is 6.61 Å². The summed E-state index contributed by atoms with van der Waals surface area (Å²) in [6, 6.07) is 13.0. The van der Waals surface area contributed by atoms with Gasteiger partial charge >= 0.3 is 5.97 Å². The maximum atomic E-state index is 12.5. The molecule has 1 fully saturated rings. The highest BCUT2D eigenvalue weighted by atomic mass is 16.5. The highest BCUT2D eigenvalue weighted by Crippen LogP contribution is 2.29. The quantitative estimate of drug-likeness (QED) is 0.523. The van der Waals surface area contributed by atoms with E-state index in [9.17, 15) is 14.7 Å². The second-order valence-corrected chi connectivity index (χ2v) is 7.75. The van der Waals surface area contributed by atoms with Crippen LogP contribution in [0.3, 0.4) is 0 Å². The molecule has 0 saturated heterocycles. The van der Waals surface area contributed by atoms with Crippen molar-refractivity contribution in [2.75, 3.05) is 6.61 Å². The van der Waals surface area contributed by atoms with Gasteiger partial charge in [0.1, 0.15) is 11.4 Å². The number of carbonyl (C=O) groups is 2. The number of esters is 1. The molecule has 0 spiro atoms. The van der Waals surface area contributed by atoms with Crippen LogP contribution in [0.4, 0.5) is 11.4 Å². The number of hydrogen-bond acceptors (Lipinski definition) is 6. The van der Waals surface area contributed by atoms with Crippen molar-refractivity contribution in [3.8, 4) is 5.75 Å². The molecule has 1 aliphatic carbocycles. The van der Waals surface area contributed by atoms with Crippen molar-refractivity contribution in [2.24, 2.45) is 22.1 Å². The van der Waals surface area contributed by atoms with Crippen molar-refractivity contribution in [2.45, 2.75) is 39.2 Å². The highest BCUT2D eigenvalue weighted by molar-refractivity contribution is 5.96. The average molecular weight is 409 g/mol. The van der Waals surface area contributed by atoms with Crippen molar-refractivity contribution in [3.05, 3.63) is 54.1 Å². The van der Waals surface area contributed by atoms with Crippen LogP contribution in [0.5, 0.6) is 5.75 Å². The van der Waals surface area contributed by atoms with Gasteiger partial charge < -0.3 is 15.2 Å². The first-order valence-electron chi connectivity index (χ1n) is 10.2. The molecule has 2 N–H and O–H groups in total. The van der Waals surface area contributed by atoms with Gasteiger partial charge in [0.25, 0.3) is 5.91 Å². The summed E-state index contributed by atoms with van der Waals surface area (Å²) in [5.74, 6) is 0.179. The van der Waals surface area contributed by atoms with Gasteiger partial charge in [-0.05, 0) is 54.7 Å². The number of phenolic OH excluding ortho intramolecular Hbond substituents is 1. The fourth-order valence-electron chi connectivity index (χ4n) is 3.61. The Labute approximate surface area is 176 Å². The topological polar surface area (TPSA) is 100 Å². The molecule has 0 aliphatic heterocycles. The van der Waals surface area contributed by atoms with E-state index in [-0.39, 0.29) is 29.9 Å². The summed E-state index contributed by atoms with van der Waals surface area (Å²) in [7, 11) is 0. The van der Waals surface area contributed by atoms with Crippen LogP contribution in [0.1, 0.15) is 43.5 Å². The van der Waals surface area contributed by atoms with E-state index in [0.29, 0.717) is 23.2 Å². The Morgan fingerprint density at radius 3 is 2.57 bits per heavy atom. The molecule has 158 valence electrons. The summed E-state index contributed by atoms with van der Waals surface area (Å²) in [5, 5.41) is 20.5. The Bertz CT molecular complexity index is 911. The summed E-state index contributed by atoms with van der Waals surface area (Å²) in [6.45, 7) is 4.02. The third-order valence-electron chi connectivity index (χ3n) is 5.63. The predicted octanol–water partition coefficient (Wildman–Crippen LogP) is 4.91. The van der Waals surface area contributed by atoms with E-state index < -0.39 is 5.97 Å². The molecule has 7 nitrogen and oxygen atoms in total. The SMILES string of the molecule is C[C@@H]1[C@H](C)CCC[C@@H]1NC(=O)COC(=O)c1ccccc1N=Nc1ccc(O)cc1. The third kappa shape index (κ3) is 5.65. The summed E-state index contributed by atoms with van der Waals surface area (Å²) in [6.07, 6.45) is 3.22. The molecule has 2 aromatic carbocycles. The largest absolute Gasteiger partial charge is 0.508 e. The highest BCUT2D eigenvalue weighted by Gasteiger charge is 2.28. The Morgan fingerprint density at radius 2 is 1.80 bits per heavy atom. The molecule has 0 radical (unpaired) electrons. The van der Waals surface area contributed by atoms with Crippen LogP contribution in [0.15, 0.2) is 58.8 Å². The maximum absolute atomic E-state index is 12.5. The van der Waals surface area contributed by atoms with Crippen molar-refractivity contribution in [1.82, 2.24) is 5.32 Å². The lowest BCUT2D eigenvalue weighted by molar-refractivity contribution is -0.125. The fraction of sp³-hybridized carbons (Fsp3) is 0.391. The minimum Gasteiger partial charge on any atom is -0.508 e. The van der Waals surface area contributed by atoms with Crippen LogP contribution in [0.2, 0.25) is 0 Å². The number of benzene rings is 2. The minimum atomic E-state index is -0.629. The zero-order valence-corrected chi connectivity index (χ0v) is 17.2. The number of ether oxygens (including phenoxy) is 1. The van der Waals surface area contributed by atoms with E-state index in [2.05, 4.69) is 29.4 Å². The summed E-state index contributed by atoms with van der Waals surface area (Å²) in [4.78, 5) is 24.8. The summed E-state index contributed by atoms with van der Waals surface area (Å²) < 4.78 is 5.22. The van der Waals surface area contributed by atoms with Crippen molar-refractivity contribution < 1.29 is 19.4 Å². The van der Waals surface area contributed by atoms with Gasteiger partial charge in [0, 0.05) is 6.04 Å². The number of hydrogen-bond donors (Lipinski definition) is 2. The second kappa shape index (κ2) is 10.0. The molecule has 0 unspecified atom stereocenters. The zero-order chi connectivity index (χ0) is 21.5. The number of amides is 1. The molecule has 0 heterocycles. The van der Waals surface area contributed by atoms with Gasteiger partial charge in [0.05, 0.1) is 11.3 Å². The van der Waals surface area contributed by atoms with E-state index in [4.69, 9.17) is 4.74 Å². The summed E-state index contributed by atoms with van der Waals surface area (Å²) in [5.41, 5.74) is 1.10. The van der Waals surface area contributed by atoms with Crippen LogP contribution in [0, 0.1) is 11.8 Å². The Balaban J connectivity index is 1.59. The zero-order valence-electron chi connectivity index (χ0n) is 17.2. The molecule has 1 amide bonds. The lowest BCUT2D eigenvalue weighted by Gasteiger charge is -2.34. The van der Waals surface area contributed by atoms with Crippen LogP contribution in [-0.2, 0) is 9.53 Å². The van der Waals surface area contributed by atoms with Crippen LogP contribution < -0.4 is 5.32 Å². The Hall–Kier alpha value is -3.22. The number of phenols is 1. The molecule has 0 aromatic heterocycles. The number of nitrogens with one attached hydrogen (secondary N) is 1. The smallest absolute Gasteiger partial charge is 0.340 e. The third-order valence-corrected chi connectivity index (χ3v) is 5.63. The first kappa shape index (κ1) is 21.5. The van der Waals surface area contributed by atoms with Crippen LogP contribution >= 0.6 is 0 Å². The first-order valence-corrected chi connectivity index (χ1v) is 10.2. The number of rotatable bonds is 6. The van der Waals surface area contributed by atoms with Gasteiger partial charge in [-0.25, -0.2) is 4.79 Å². The predicted molar refractivity (Wildman–Crippen MR) is 113 cm³/mol. The van der Waals surface area contributed by atoms with Gasteiger partial charge in [0.2, 0.25) is 0 Å². The second-order valence-electron chi connectivity index (χ2n) is 7.75. The van der Waals surface area contributed by atoms with E-state index in [1.165, 1.54) is 18.6 Å². The molecule has 3 rings (SSSR count). The molecule has 3 atom stereocenters. The van der Waals surface area contributed by atoms with Crippen molar-refractivity contribution in [3.63, 3.8) is 0 Å². The lowest BCUT2D eigenvalue weighted by Crippen LogP contribution is -2.45. The van der Waals surface area contributed by atoms with Crippen molar-refractivity contribution in [1.29, 1.82) is 0 Å². The number of aromatic hydroxyl groups is 1. The fourth-order valence-corrected chi connectivity index (χ4v) is 3.61. The molecule has 0 bridgehead atoms. The van der Waals surface area contributed by atoms with E-state index in [1.54, 1.807) is 36.4 Å². The first-order chi connectivity index (χ1) is 14.4. The van der Waals surface area contributed by atoms with E-state index in [1.807, 2.05) is 0 Å². The maximum Gasteiger partial charge on any atom is 0.340 e. The van der Waals surface area contributed by atoms with Crippen molar-refractivity contribution >= 4 is 23.3 Å². The molecule has 30 heavy (non-hydrogen) atoms. The molecule has 7 heteroatoms. The molecule has 2 aromatic rings. The van der Waals surface area contributed by atoms with Gasteiger partial charge in [-0.3, -0.25) is 4.79 Å². The Morgan fingerprint density at radius 1 is 1.07 bits per heavy atom. The number of carbonyl (C=O) groups excluding carboxylic acids is 2. The van der Waals surface area contributed by atoms with Crippen LogP contribution in [-0.4, -0.2) is 29.6 Å². The standard InChI is InChI=1S/C23H27N3O4/c1-15-6-5-9-20(16(15)2)24-22(28)14-30-23(29)19-7-3-4-8-21(19)26-25-17-10-12-18(27)13-11-17/h3-4,7-8,10-13,15-16,20,27H,5-6,9,14H2,1-2H3,(H,24,28)/t15-,16-,20+/m1/s1. The van der Waals surface area contributed by atoms with Gasteiger partial charge in [-0.2, -0.15) is 5.11 Å². The minimum absolute atomic E-state index is 0.117. The number of nitrogens with zero attached hydrogens (tertiary/aromatic N) is 2.